The highest BCUT2D eigenvalue weighted by Gasteiger charge is 2.14. The van der Waals surface area contributed by atoms with Crippen LogP contribution in [0.2, 0.25) is 0 Å². The monoisotopic (exact) mass is 325 g/mol. The average Bonchev–Trinajstić information content (AvgIpc) is 2.88. The van der Waals surface area contributed by atoms with Gasteiger partial charge in [0.2, 0.25) is 5.91 Å². The van der Waals surface area contributed by atoms with E-state index in [0.717, 1.165) is 31.1 Å². The number of rotatable bonds is 5. The van der Waals surface area contributed by atoms with Gasteiger partial charge < -0.3 is 10.6 Å². The minimum atomic E-state index is 0. The molecular formula is C12H21Cl2N3OS. The van der Waals surface area contributed by atoms with Gasteiger partial charge in [-0.05, 0) is 38.3 Å². The Bertz CT molecular complexity index is 343. The minimum Gasteiger partial charge on any atom is -0.350 e. The normalized spacial score (nSPS) is 15.2. The molecule has 0 unspecified atom stereocenters. The van der Waals surface area contributed by atoms with E-state index in [0.29, 0.717) is 13.0 Å². The number of piperidine rings is 1. The number of carbonyl (C=O) groups excluding carboxylic acids is 1. The highest BCUT2D eigenvalue weighted by molar-refractivity contribution is 7.07. The van der Waals surface area contributed by atoms with Crippen molar-refractivity contribution in [1.29, 1.82) is 0 Å². The number of hydrogen-bond acceptors (Lipinski definition) is 4. The molecule has 0 aliphatic carbocycles. The third-order valence-electron chi connectivity index (χ3n) is 3.19. The van der Waals surface area contributed by atoms with E-state index in [9.17, 15) is 4.79 Å². The fraction of sp³-hybridized carbons (Fsp3) is 0.667. The lowest BCUT2D eigenvalue weighted by atomic mass is 9.93. The summed E-state index contributed by atoms with van der Waals surface area (Å²) in [5, 5.41) is 8.22. The van der Waals surface area contributed by atoms with Gasteiger partial charge in [0, 0.05) is 11.8 Å². The van der Waals surface area contributed by atoms with Crippen LogP contribution in [0.15, 0.2) is 10.9 Å². The number of nitrogens with one attached hydrogen (secondary N) is 2. The van der Waals surface area contributed by atoms with Crippen LogP contribution >= 0.6 is 36.2 Å². The molecule has 1 aromatic rings. The highest BCUT2D eigenvalue weighted by atomic mass is 35.5. The molecule has 0 atom stereocenters. The van der Waals surface area contributed by atoms with Crippen LogP contribution in [0.5, 0.6) is 0 Å². The summed E-state index contributed by atoms with van der Waals surface area (Å²) in [6.45, 7) is 2.77. The maximum Gasteiger partial charge on any atom is 0.220 e. The Morgan fingerprint density at radius 3 is 2.79 bits per heavy atom. The van der Waals surface area contributed by atoms with Crippen LogP contribution in [0.3, 0.4) is 0 Å². The lowest BCUT2D eigenvalue weighted by Gasteiger charge is -2.22. The first-order chi connectivity index (χ1) is 8.34. The van der Waals surface area contributed by atoms with Crippen molar-refractivity contribution in [1.82, 2.24) is 15.6 Å². The Kier molecular flexibility index (Phi) is 10.2. The summed E-state index contributed by atoms with van der Waals surface area (Å²) in [6.07, 6.45) is 4.08. The predicted molar refractivity (Wildman–Crippen MR) is 83.3 cm³/mol. The molecule has 0 spiro atoms. The topological polar surface area (TPSA) is 54.0 Å². The molecule has 1 saturated heterocycles. The van der Waals surface area contributed by atoms with Crippen LogP contribution in [0.1, 0.15) is 31.4 Å². The van der Waals surface area contributed by atoms with Crippen LogP contribution in [0.4, 0.5) is 0 Å². The second-order valence-corrected chi connectivity index (χ2v) is 5.21. The average molecular weight is 326 g/mol. The molecule has 1 aromatic heterocycles. The summed E-state index contributed by atoms with van der Waals surface area (Å²) in [7, 11) is 0. The van der Waals surface area contributed by atoms with E-state index in [4.69, 9.17) is 0 Å². The van der Waals surface area contributed by atoms with Crippen molar-refractivity contribution in [2.24, 2.45) is 5.92 Å². The maximum absolute atomic E-state index is 11.6. The van der Waals surface area contributed by atoms with Gasteiger partial charge in [0.1, 0.15) is 0 Å². The van der Waals surface area contributed by atoms with Crippen LogP contribution in [-0.2, 0) is 11.3 Å². The Morgan fingerprint density at radius 1 is 1.42 bits per heavy atom. The lowest BCUT2D eigenvalue weighted by Crippen LogP contribution is -2.29. The Balaban J connectivity index is 0.00000162. The summed E-state index contributed by atoms with van der Waals surface area (Å²) < 4.78 is 0. The van der Waals surface area contributed by atoms with Crippen molar-refractivity contribution in [3.8, 4) is 0 Å². The third kappa shape index (κ3) is 7.11. The SMILES string of the molecule is Cl.Cl.O=C(CCC1CCNCC1)NCc1cscn1. The lowest BCUT2D eigenvalue weighted by molar-refractivity contribution is -0.121. The zero-order valence-corrected chi connectivity index (χ0v) is 13.2. The largest absolute Gasteiger partial charge is 0.350 e. The van der Waals surface area contributed by atoms with E-state index in [1.165, 1.54) is 12.8 Å². The summed E-state index contributed by atoms with van der Waals surface area (Å²) in [5.41, 5.74) is 2.74. The minimum absolute atomic E-state index is 0. The second kappa shape index (κ2) is 10.4. The second-order valence-electron chi connectivity index (χ2n) is 4.49. The standard InChI is InChI=1S/C12H19N3OS.2ClH/c16-12(14-7-11-8-17-9-15-11)2-1-10-3-5-13-6-4-10;;/h8-10,13H,1-7H2,(H,14,16);2*1H. The molecule has 7 heteroatoms. The molecule has 0 saturated carbocycles. The number of amides is 1. The summed E-state index contributed by atoms with van der Waals surface area (Å²) >= 11 is 1.56. The molecule has 1 aliphatic heterocycles. The van der Waals surface area contributed by atoms with Crippen molar-refractivity contribution < 1.29 is 4.79 Å². The fourth-order valence-corrected chi connectivity index (χ4v) is 2.67. The van der Waals surface area contributed by atoms with Gasteiger partial charge in [-0.3, -0.25) is 4.79 Å². The van der Waals surface area contributed by atoms with Gasteiger partial charge in [-0.1, -0.05) is 0 Å². The molecule has 110 valence electrons. The fourth-order valence-electron chi connectivity index (χ4n) is 2.11. The molecule has 4 nitrogen and oxygen atoms in total. The smallest absolute Gasteiger partial charge is 0.220 e. The van der Waals surface area contributed by atoms with Crippen molar-refractivity contribution in [3.63, 3.8) is 0 Å². The predicted octanol–water partition coefficient (Wildman–Crippen LogP) is 2.38. The van der Waals surface area contributed by atoms with Crippen molar-refractivity contribution >= 4 is 42.1 Å². The van der Waals surface area contributed by atoms with Crippen molar-refractivity contribution in [2.45, 2.75) is 32.2 Å². The molecule has 1 amide bonds. The van der Waals surface area contributed by atoms with E-state index < -0.39 is 0 Å². The number of carbonyl (C=O) groups is 1. The molecule has 0 bridgehead atoms. The van der Waals surface area contributed by atoms with Crippen LogP contribution in [-0.4, -0.2) is 24.0 Å². The van der Waals surface area contributed by atoms with Gasteiger partial charge in [0.25, 0.3) is 0 Å². The molecule has 0 aromatic carbocycles. The highest BCUT2D eigenvalue weighted by Crippen LogP contribution is 2.17. The quantitative estimate of drug-likeness (QED) is 0.873. The van der Waals surface area contributed by atoms with Gasteiger partial charge in [-0.25, -0.2) is 4.98 Å². The number of nitrogens with zero attached hydrogens (tertiary/aromatic N) is 1. The van der Waals surface area contributed by atoms with Crippen LogP contribution in [0, 0.1) is 5.92 Å². The van der Waals surface area contributed by atoms with E-state index in [1.54, 1.807) is 16.8 Å². The summed E-state index contributed by atoms with van der Waals surface area (Å²) in [5.74, 6) is 0.873. The molecule has 2 heterocycles. The maximum atomic E-state index is 11.6. The van der Waals surface area contributed by atoms with Gasteiger partial charge in [0.05, 0.1) is 17.7 Å². The molecular weight excluding hydrogens is 305 g/mol. The van der Waals surface area contributed by atoms with Gasteiger partial charge in [-0.2, -0.15) is 0 Å². The Hall–Kier alpha value is -0.360. The van der Waals surface area contributed by atoms with Crippen LogP contribution < -0.4 is 10.6 Å². The molecule has 0 radical (unpaired) electrons. The number of aromatic nitrogens is 1. The Morgan fingerprint density at radius 2 is 2.16 bits per heavy atom. The first kappa shape index (κ1) is 18.6. The van der Waals surface area contributed by atoms with Gasteiger partial charge in [0.15, 0.2) is 0 Å². The molecule has 2 rings (SSSR count). The molecule has 19 heavy (non-hydrogen) atoms. The van der Waals surface area contributed by atoms with E-state index in [-0.39, 0.29) is 30.7 Å². The van der Waals surface area contributed by atoms with E-state index >= 15 is 0 Å². The summed E-state index contributed by atoms with van der Waals surface area (Å²) in [6, 6.07) is 0. The van der Waals surface area contributed by atoms with E-state index in [1.807, 2.05) is 5.38 Å². The van der Waals surface area contributed by atoms with Gasteiger partial charge in [-0.15, -0.1) is 36.2 Å². The van der Waals surface area contributed by atoms with Crippen LogP contribution in [0.25, 0.3) is 0 Å². The first-order valence-electron chi connectivity index (χ1n) is 6.19. The zero-order chi connectivity index (χ0) is 11.9. The Labute approximate surface area is 130 Å². The number of halogens is 2. The number of thiazole rings is 1. The van der Waals surface area contributed by atoms with Crippen molar-refractivity contribution in [3.05, 3.63) is 16.6 Å². The molecule has 1 fully saturated rings. The van der Waals surface area contributed by atoms with Crippen molar-refractivity contribution in [2.75, 3.05) is 13.1 Å². The van der Waals surface area contributed by atoms with Gasteiger partial charge >= 0.3 is 0 Å². The van der Waals surface area contributed by atoms with E-state index in [2.05, 4.69) is 15.6 Å². The summed E-state index contributed by atoms with van der Waals surface area (Å²) in [4.78, 5) is 15.8. The first-order valence-corrected chi connectivity index (χ1v) is 7.13. The third-order valence-corrected chi connectivity index (χ3v) is 3.82. The zero-order valence-electron chi connectivity index (χ0n) is 10.8. The molecule has 1 aliphatic rings. The number of hydrogen-bond donors (Lipinski definition) is 2. The molecule has 2 N–H and O–H groups in total.